The van der Waals surface area contributed by atoms with Crippen LogP contribution in [-0.2, 0) is 17.8 Å². The van der Waals surface area contributed by atoms with Gasteiger partial charge in [-0.25, -0.2) is 0 Å². The predicted octanol–water partition coefficient (Wildman–Crippen LogP) is 2.18. The predicted molar refractivity (Wildman–Crippen MR) is 81.1 cm³/mol. The Hall–Kier alpha value is -2.13. The maximum Gasteiger partial charge on any atom is 0.237 e. The van der Waals surface area contributed by atoms with Gasteiger partial charge in [0.15, 0.2) is 0 Å². The van der Waals surface area contributed by atoms with Gasteiger partial charge in [-0.15, -0.1) is 0 Å². The average molecular weight is 268 g/mol. The third kappa shape index (κ3) is 4.21. The van der Waals surface area contributed by atoms with Gasteiger partial charge in [-0.1, -0.05) is 60.2 Å². The molecule has 2 rings (SSSR count). The average Bonchev–Trinajstić information content (AvgIpc) is 2.47. The molecular formula is C17H20N2O. The molecule has 2 aromatic carbocycles. The first-order chi connectivity index (χ1) is 9.65. The van der Waals surface area contributed by atoms with E-state index < -0.39 is 6.04 Å². The molecule has 2 aromatic rings. The van der Waals surface area contributed by atoms with E-state index in [0.717, 1.165) is 11.1 Å². The molecule has 3 N–H and O–H groups in total. The van der Waals surface area contributed by atoms with Crippen molar-refractivity contribution in [2.45, 2.75) is 25.9 Å². The molecule has 3 nitrogen and oxygen atoms in total. The van der Waals surface area contributed by atoms with Gasteiger partial charge in [0.1, 0.15) is 0 Å². The molecular weight excluding hydrogens is 248 g/mol. The number of carbonyl (C=O) groups is 1. The van der Waals surface area contributed by atoms with Crippen LogP contribution < -0.4 is 11.1 Å². The van der Waals surface area contributed by atoms with Crippen LogP contribution in [0.4, 0.5) is 0 Å². The monoisotopic (exact) mass is 268 g/mol. The second kappa shape index (κ2) is 6.87. The highest BCUT2D eigenvalue weighted by atomic mass is 16.2. The molecule has 0 fully saturated rings. The minimum atomic E-state index is -0.511. The number of rotatable bonds is 5. The summed E-state index contributed by atoms with van der Waals surface area (Å²) in [5, 5.41) is 2.87. The van der Waals surface area contributed by atoms with Gasteiger partial charge in [0.2, 0.25) is 5.91 Å². The van der Waals surface area contributed by atoms with E-state index >= 15 is 0 Å². The van der Waals surface area contributed by atoms with Gasteiger partial charge in [0.05, 0.1) is 6.04 Å². The Labute approximate surface area is 119 Å². The first-order valence-electron chi connectivity index (χ1n) is 6.78. The Morgan fingerprint density at radius 3 is 2.35 bits per heavy atom. The summed E-state index contributed by atoms with van der Waals surface area (Å²) in [6.45, 7) is 2.56. The first kappa shape index (κ1) is 14.3. The smallest absolute Gasteiger partial charge is 0.237 e. The number of carbonyl (C=O) groups excluding carboxylic acids is 1. The molecule has 1 amide bonds. The van der Waals surface area contributed by atoms with Crippen LogP contribution in [0.2, 0.25) is 0 Å². The van der Waals surface area contributed by atoms with Crippen LogP contribution >= 0.6 is 0 Å². The third-order valence-corrected chi connectivity index (χ3v) is 3.22. The van der Waals surface area contributed by atoms with Gasteiger partial charge in [0.25, 0.3) is 0 Å². The minimum Gasteiger partial charge on any atom is -0.351 e. The van der Waals surface area contributed by atoms with Gasteiger partial charge in [-0.05, 0) is 24.5 Å². The topological polar surface area (TPSA) is 55.1 Å². The van der Waals surface area contributed by atoms with Crippen molar-refractivity contribution in [2.24, 2.45) is 5.73 Å². The number of aryl methyl sites for hydroxylation is 1. The van der Waals surface area contributed by atoms with E-state index in [1.165, 1.54) is 5.56 Å². The summed E-state index contributed by atoms with van der Waals surface area (Å²) in [5.74, 6) is -0.116. The minimum absolute atomic E-state index is 0.116. The Morgan fingerprint density at radius 2 is 1.70 bits per heavy atom. The van der Waals surface area contributed by atoms with Crippen molar-refractivity contribution in [3.05, 3.63) is 71.3 Å². The van der Waals surface area contributed by atoms with E-state index in [-0.39, 0.29) is 5.91 Å². The van der Waals surface area contributed by atoms with Crippen LogP contribution in [0.15, 0.2) is 54.6 Å². The van der Waals surface area contributed by atoms with E-state index in [9.17, 15) is 4.79 Å². The van der Waals surface area contributed by atoms with Crippen LogP contribution in [0.25, 0.3) is 0 Å². The van der Waals surface area contributed by atoms with E-state index in [1.54, 1.807) is 0 Å². The van der Waals surface area contributed by atoms with Crippen molar-refractivity contribution in [1.82, 2.24) is 5.32 Å². The molecule has 0 saturated carbocycles. The van der Waals surface area contributed by atoms with Crippen molar-refractivity contribution in [3.63, 3.8) is 0 Å². The molecule has 3 heteroatoms. The van der Waals surface area contributed by atoms with E-state index in [2.05, 4.69) is 5.32 Å². The fourth-order valence-electron chi connectivity index (χ4n) is 1.99. The maximum atomic E-state index is 12.0. The van der Waals surface area contributed by atoms with Crippen LogP contribution in [0, 0.1) is 6.92 Å². The van der Waals surface area contributed by atoms with Gasteiger partial charge >= 0.3 is 0 Å². The quantitative estimate of drug-likeness (QED) is 0.873. The normalized spacial score (nSPS) is 11.9. The zero-order valence-electron chi connectivity index (χ0n) is 11.7. The SMILES string of the molecule is Cc1ccc(CNC(=O)[C@H](N)Cc2ccccc2)cc1. The number of nitrogens with one attached hydrogen (secondary N) is 1. The lowest BCUT2D eigenvalue weighted by Crippen LogP contribution is -2.41. The Morgan fingerprint density at radius 1 is 1.05 bits per heavy atom. The molecule has 20 heavy (non-hydrogen) atoms. The molecule has 0 aliphatic rings. The standard InChI is InChI=1S/C17H20N2O/c1-13-7-9-15(10-8-13)12-19-17(20)16(18)11-14-5-3-2-4-6-14/h2-10,16H,11-12,18H2,1H3,(H,19,20)/t16-/m1/s1. The Kier molecular flexibility index (Phi) is 4.91. The number of hydrogen-bond donors (Lipinski definition) is 2. The lowest BCUT2D eigenvalue weighted by Gasteiger charge is -2.12. The highest BCUT2D eigenvalue weighted by molar-refractivity contribution is 5.81. The second-order valence-electron chi connectivity index (χ2n) is 5.00. The molecule has 0 spiro atoms. The van der Waals surface area contributed by atoms with E-state index in [0.29, 0.717) is 13.0 Å². The zero-order chi connectivity index (χ0) is 14.4. The van der Waals surface area contributed by atoms with Gasteiger partial charge in [-0.3, -0.25) is 4.79 Å². The van der Waals surface area contributed by atoms with Crippen LogP contribution in [0.5, 0.6) is 0 Å². The number of hydrogen-bond acceptors (Lipinski definition) is 2. The summed E-state index contributed by atoms with van der Waals surface area (Å²) in [5.41, 5.74) is 9.29. The highest BCUT2D eigenvalue weighted by Gasteiger charge is 2.13. The molecule has 0 heterocycles. The van der Waals surface area contributed by atoms with Crippen LogP contribution in [-0.4, -0.2) is 11.9 Å². The molecule has 0 aliphatic heterocycles. The van der Waals surface area contributed by atoms with Gasteiger partial charge in [-0.2, -0.15) is 0 Å². The van der Waals surface area contributed by atoms with E-state index in [4.69, 9.17) is 5.73 Å². The molecule has 0 saturated heterocycles. The highest BCUT2D eigenvalue weighted by Crippen LogP contribution is 2.04. The summed E-state index contributed by atoms with van der Waals surface area (Å²) in [6, 6.07) is 17.4. The molecule has 0 bridgehead atoms. The molecule has 0 unspecified atom stereocenters. The molecule has 0 radical (unpaired) electrons. The summed E-state index contributed by atoms with van der Waals surface area (Å²) in [4.78, 5) is 12.0. The van der Waals surface area contributed by atoms with Crippen molar-refractivity contribution in [3.8, 4) is 0 Å². The van der Waals surface area contributed by atoms with Crippen molar-refractivity contribution in [2.75, 3.05) is 0 Å². The van der Waals surface area contributed by atoms with Crippen LogP contribution in [0.1, 0.15) is 16.7 Å². The second-order valence-corrected chi connectivity index (χ2v) is 5.00. The van der Waals surface area contributed by atoms with Crippen molar-refractivity contribution >= 4 is 5.91 Å². The summed E-state index contributed by atoms with van der Waals surface area (Å²) < 4.78 is 0. The van der Waals surface area contributed by atoms with Gasteiger partial charge < -0.3 is 11.1 Å². The third-order valence-electron chi connectivity index (χ3n) is 3.22. The first-order valence-corrected chi connectivity index (χ1v) is 6.78. The zero-order valence-corrected chi connectivity index (χ0v) is 11.7. The molecule has 104 valence electrons. The summed E-state index contributed by atoms with van der Waals surface area (Å²) in [7, 11) is 0. The fraction of sp³-hybridized carbons (Fsp3) is 0.235. The van der Waals surface area contributed by atoms with Crippen LogP contribution in [0.3, 0.4) is 0 Å². The van der Waals surface area contributed by atoms with Crippen molar-refractivity contribution < 1.29 is 4.79 Å². The summed E-state index contributed by atoms with van der Waals surface area (Å²) >= 11 is 0. The number of amides is 1. The Bertz CT molecular complexity index is 549. The van der Waals surface area contributed by atoms with Crippen molar-refractivity contribution in [1.29, 1.82) is 0 Å². The molecule has 0 aromatic heterocycles. The van der Waals surface area contributed by atoms with Gasteiger partial charge in [0, 0.05) is 6.54 Å². The maximum absolute atomic E-state index is 12.0. The lowest BCUT2D eigenvalue weighted by atomic mass is 10.1. The Balaban J connectivity index is 1.83. The molecule has 1 atom stereocenters. The lowest BCUT2D eigenvalue weighted by molar-refractivity contribution is -0.122. The fourth-order valence-corrected chi connectivity index (χ4v) is 1.99. The summed E-state index contributed by atoms with van der Waals surface area (Å²) in [6.07, 6.45) is 0.556. The number of benzene rings is 2. The number of nitrogens with two attached hydrogens (primary N) is 1. The molecule has 0 aliphatic carbocycles. The van der Waals surface area contributed by atoms with E-state index in [1.807, 2.05) is 61.5 Å². The largest absolute Gasteiger partial charge is 0.351 e.